The van der Waals surface area contributed by atoms with Gasteiger partial charge in [-0.2, -0.15) is 0 Å². The Morgan fingerprint density at radius 1 is 1.11 bits per heavy atom. The Morgan fingerprint density at radius 2 is 1.78 bits per heavy atom. The molecule has 4 amide bonds. The van der Waals surface area contributed by atoms with Crippen LogP contribution in [0.2, 0.25) is 0 Å². The molecule has 1 heterocycles. The summed E-state index contributed by atoms with van der Waals surface area (Å²) in [5, 5.41) is 2.54. The number of amides is 4. The average Bonchev–Trinajstić information content (AvgIpc) is 2.85. The van der Waals surface area contributed by atoms with Crippen molar-refractivity contribution in [3.63, 3.8) is 0 Å². The van der Waals surface area contributed by atoms with Crippen molar-refractivity contribution in [1.29, 1.82) is 0 Å². The zero-order valence-corrected chi connectivity index (χ0v) is 15.1. The van der Waals surface area contributed by atoms with Gasteiger partial charge in [0.2, 0.25) is 5.91 Å². The second kappa shape index (κ2) is 7.57. The summed E-state index contributed by atoms with van der Waals surface area (Å²) in [6.07, 6.45) is 0. The number of rotatable bonds is 5. The smallest absolute Gasteiger partial charge is 0.332 e. The summed E-state index contributed by atoms with van der Waals surface area (Å²) in [6, 6.07) is 12.1. The number of nitrogens with zero attached hydrogens (tertiary/aromatic N) is 2. The van der Waals surface area contributed by atoms with Crippen LogP contribution in [0.15, 0.2) is 48.5 Å². The summed E-state index contributed by atoms with van der Waals surface area (Å²) < 4.78 is 13.6. The van der Waals surface area contributed by atoms with E-state index in [0.717, 1.165) is 10.5 Å². The standard InChI is InChI=1S/C20H20FN3O3/c1-13-7-9-16(10-8-13)24-14(2)19(26)23(20(24)27)12-18(25)22-11-15-5-3-4-6-17(15)21/h3-10,14H,11-12H2,1-2H3,(H,22,25)/t14-/m1/s1. The molecule has 1 N–H and O–H groups in total. The third-order valence-corrected chi connectivity index (χ3v) is 4.50. The van der Waals surface area contributed by atoms with Gasteiger partial charge in [-0.05, 0) is 32.0 Å². The minimum absolute atomic E-state index is 0.0149. The Bertz CT molecular complexity index is 882. The molecule has 27 heavy (non-hydrogen) atoms. The van der Waals surface area contributed by atoms with Gasteiger partial charge in [0.05, 0.1) is 0 Å². The molecule has 1 aliphatic rings. The van der Waals surface area contributed by atoms with Gasteiger partial charge in [0.1, 0.15) is 18.4 Å². The molecule has 3 rings (SSSR count). The Labute approximate surface area is 156 Å². The molecule has 1 atom stereocenters. The van der Waals surface area contributed by atoms with Crippen LogP contribution >= 0.6 is 0 Å². The number of urea groups is 1. The maximum atomic E-state index is 13.6. The second-order valence-electron chi connectivity index (χ2n) is 6.46. The van der Waals surface area contributed by atoms with Gasteiger partial charge in [-0.3, -0.25) is 19.4 Å². The second-order valence-corrected chi connectivity index (χ2v) is 6.46. The zero-order chi connectivity index (χ0) is 19.6. The molecule has 0 spiro atoms. The Morgan fingerprint density at radius 3 is 2.44 bits per heavy atom. The topological polar surface area (TPSA) is 69.7 Å². The number of halogens is 1. The maximum absolute atomic E-state index is 13.6. The first kappa shape index (κ1) is 18.6. The fourth-order valence-corrected chi connectivity index (χ4v) is 2.95. The first-order valence-electron chi connectivity index (χ1n) is 8.60. The molecule has 6 nitrogen and oxygen atoms in total. The minimum atomic E-state index is -0.695. The Hall–Kier alpha value is -3.22. The predicted molar refractivity (Wildman–Crippen MR) is 98.5 cm³/mol. The van der Waals surface area contributed by atoms with E-state index < -0.39 is 36.2 Å². The summed E-state index contributed by atoms with van der Waals surface area (Å²) in [7, 11) is 0. The highest BCUT2D eigenvalue weighted by atomic mass is 19.1. The van der Waals surface area contributed by atoms with Crippen LogP contribution in [0.5, 0.6) is 0 Å². The number of benzene rings is 2. The summed E-state index contributed by atoms with van der Waals surface area (Å²) in [6.45, 7) is 3.13. The fraction of sp³-hybridized carbons (Fsp3) is 0.250. The van der Waals surface area contributed by atoms with Crippen molar-refractivity contribution < 1.29 is 18.8 Å². The number of hydrogen-bond donors (Lipinski definition) is 1. The maximum Gasteiger partial charge on any atom is 0.332 e. The zero-order valence-electron chi connectivity index (χ0n) is 15.1. The Balaban J connectivity index is 1.67. The van der Waals surface area contributed by atoms with Crippen molar-refractivity contribution in [2.45, 2.75) is 26.4 Å². The molecule has 0 bridgehead atoms. The molecular formula is C20H20FN3O3. The van der Waals surface area contributed by atoms with Crippen LogP contribution in [0, 0.1) is 12.7 Å². The number of imide groups is 1. The summed E-state index contributed by atoms with van der Waals surface area (Å²) >= 11 is 0. The lowest BCUT2D eigenvalue weighted by atomic mass is 10.2. The van der Waals surface area contributed by atoms with Crippen molar-refractivity contribution in [2.75, 3.05) is 11.4 Å². The molecule has 7 heteroatoms. The van der Waals surface area contributed by atoms with E-state index in [9.17, 15) is 18.8 Å². The van der Waals surface area contributed by atoms with Crippen molar-refractivity contribution in [2.24, 2.45) is 0 Å². The summed E-state index contributed by atoms with van der Waals surface area (Å²) in [5.41, 5.74) is 1.97. The normalized spacial score (nSPS) is 16.8. The van der Waals surface area contributed by atoms with Gasteiger partial charge in [-0.25, -0.2) is 9.18 Å². The molecule has 1 aliphatic heterocycles. The molecule has 0 unspecified atom stereocenters. The Kier molecular flexibility index (Phi) is 5.21. The lowest BCUT2D eigenvalue weighted by Gasteiger charge is -2.19. The van der Waals surface area contributed by atoms with Crippen molar-refractivity contribution in [3.8, 4) is 0 Å². The van der Waals surface area contributed by atoms with E-state index in [1.54, 1.807) is 37.3 Å². The highest BCUT2D eigenvalue weighted by Gasteiger charge is 2.43. The van der Waals surface area contributed by atoms with Gasteiger partial charge in [-0.15, -0.1) is 0 Å². The first-order chi connectivity index (χ1) is 12.9. The van der Waals surface area contributed by atoms with Gasteiger partial charge < -0.3 is 5.32 Å². The number of anilines is 1. The van der Waals surface area contributed by atoms with E-state index in [1.165, 1.54) is 11.0 Å². The molecule has 0 radical (unpaired) electrons. The number of aryl methyl sites for hydroxylation is 1. The molecule has 0 saturated carbocycles. The van der Waals surface area contributed by atoms with Gasteiger partial charge in [0.15, 0.2) is 0 Å². The lowest BCUT2D eigenvalue weighted by Crippen LogP contribution is -2.41. The third-order valence-electron chi connectivity index (χ3n) is 4.50. The highest BCUT2D eigenvalue weighted by molar-refractivity contribution is 6.15. The molecule has 0 aliphatic carbocycles. The molecule has 2 aromatic rings. The molecule has 1 fully saturated rings. The number of hydrogen-bond acceptors (Lipinski definition) is 3. The highest BCUT2D eigenvalue weighted by Crippen LogP contribution is 2.25. The third kappa shape index (κ3) is 3.81. The monoisotopic (exact) mass is 369 g/mol. The van der Waals surface area contributed by atoms with E-state index in [-0.39, 0.29) is 6.54 Å². The number of carbonyl (C=O) groups excluding carboxylic acids is 3. The summed E-state index contributed by atoms with van der Waals surface area (Å²) in [4.78, 5) is 39.6. The largest absolute Gasteiger partial charge is 0.350 e. The molecule has 0 aromatic heterocycles. The van der Waals surface area contributed by atoms with Crippen LogP contribution in [-0.4, -0.2) is 35.3 Å². The van der Waals surface area contributed by atoms with Gasteiger partial charge in [0.25, 0.3) is 5.91 Å². The predicted octanol–water partition coefficient (Wildman–Crippen LogP) is 2.61. The van der Waals surface area contributed by atoms with Crippen LogP contribution in [-0.2, 0) is 16.1 Å². The summed E-state index contributed by atoms with van der Waals surface area (Å²) in [5.74, 6) is -1.40. The SMILES string of the molecule is Cc1ccc(N2C(=O)N(CC(=O)NCc3ccccc3F)C(=O)[C@H]2C)cc1. The van der Waals surface area contributed by atoms with E-state index >= 15 is 0 Å². The average molecular weight is 369 g/mol. The van der Waals surface area contributed by atoms with Crippen LogP contribution < -0.4 is 10.2 Å². The quantitative estimate of drug-likeness (QED) is 0.824. The van der Waals surface area contributed by atoms with E-state index in [2.05, 4.69) is 5.32 Å². The van der Waals surface area contributed by atoms with Crippen molar-refractivity contribution in [3.05, 3.63) is 65.5 Å². The molecule has 2 aromatic carbocycles. The molecule has 1 saturated heterocycles. The van der Waals surface area contributed by atoms with Gasteiger partial charge in [-0.1, -0.05) is 35.9 Å². The van der Waals surface area contributed by atoms with E-state index in [0.29, 0.717) is 11.3 Å². The van der Waals surface area contributed by atoms with E-state index in [4.69, 9.17) is 0 Å². The first-order valence-corrected chi connectivity index (χ1v) is 8.60. The van der Waals surface area contributed by atoms with Crippen LogP contribution in [0.4, 0.5) is 14.9 Å². The molecular weight excluding hydrogens is 349 g/mol. The van der Waals surface area contributed by atoms with Gasteiger partial charge >= 0.3 is 6.03 Å². The van der Waals surface area contributed by atoms with Gasteiger partial charge in [0, 0.05) is 17.8 Å². The number of carbonyl (C=O) groups is 3. The lowest BCUT2D eigenvalue weighted by molar-refractivity contribution is -0.131. The van der Waals surface area contributed by atoms with Crippen LogP contribution in [0.3, 0.4) is 0 Å². The van der Waals surface area contributed by atoms with Crippen LogP contribution in [0.1, 0.15) is 18.1 Å². The van der Waals surface area contributed by atoms with Crippen molar-refractivity contribution in [1.82, 2.24) is 10.2 Å². The molecule has 140 valence electrons. The number of nitrogens with one attached hydrogen (secondary N) is 1. The fourth-order valence-electron chi connectivity index (χ4n) is 2.95. The van der Waals surface area contributed by atoms with Crippen molar-refractivity contribution >= 4 is 23.5 Å². The minimum Gasteiger partial charge on any atom is -0.350 e. The van der Waals surface area contributed by atoms with E-state index in [1.807, 2.05) is 19.1 Å². The van der Waals surface area contributed by atoms with Crippen LogP contribution in [0.25, 0.3) is 0 Å².